The Labute approximate surface area is 172 Å². The summed E-state index contributed by atoms with van der Waals surface area (Å²) in [6, 6.07) is 4.50. The first-order valence-corrected chi connectivity index (χ1v) is 11.4. The number of halogens is 1. The molecular formula is C20H24AuClN3O-. The number of fused-ring (bicyclic) bond motifs is 1. The van der Waals surface area contributed by atoms with Gasteiger partial charge in [0.15, 0.2) is 0 Å². The summed E-state index contributed by atoms with van der Waals surface area (Å²) in [7, 11) is 4.58. The van der Waals surface area contributed by atoms with Crippen LogP contribution < -0.4 is 4.90 Å². The molecule has 0 N–H and O–H groups in total. The molecule has 6 heteroatoms. The van der Waals surface area contributed by atoms with E-state index in [2.05, 4.69) is 87.9 Å². The topological polar surface area (TPSA) is 19.0 Å². The van der Waals surface area contributed by atoms with E-state index in [0.717, 1.165) is 26.3 Å². The van der Waals surface area contributed by atoms with Gasteiger partial charge in [-0.15, -0.1) is 6.67 Å². The Bertz CT molecular complexity index is 730. The number of morpholine rings is 1. The number of benzene rings is 1. The molecule has 1 fully saturated rings. The molecule has 1 aromatic rings. The second kappa shape index (κ2) is 8.68. The van der Waals surface area contributed by atoms with Gasteiger partial charge in [0.05, 0.1) is 19.0 Å². The van der Waals surface area contributed by atoms with Crippen molar-refractivity contribution in [3.05, 3.63) is 71.4 Å². The van der Waals surface area contributed by atoms with Crippen molar-refractivity contribution >= 4 is 14.9 Å². The zero-order chi connectivity index (χ0) is 18.7. The second-order valence-electron chi connectivity index (χ2n) is 6.68. The second-order valence-corrected chi connectivity index (χ2v) is 6.68. The van der Waals surface area contributed by atoms with Crippen LogP contribution in [0, 0.1) is 27.4 Å². The van der Waals surface area contributed by atoms with E-state index in [4.69, 9.17) is 4.74 Å². The first-order valence-electron chi connectivity index (χ1n) is 8.68. The van der Waals surface area contributed by atoms with Crippen LogP contribution in [0.25, 0.3) is 0 Å². The van der Waals surface area contributed by atoms with E-state index < -0.39 is 0 Å². The Hall–Kier alpha value is -1.17. The van der Waals surface area contributed by atoms with Gasteiger partial charge in [-0.3, -0.25) is 0 Å². The Morgan fingerprint density at radius 1 is 1.08 bits per heavy atom. The van der Waals surface area contributed by atoms with Gasteiger partial charge < -0.3 is 19.4 Å². The van der Waals surface area contributed by atoms with E-state index in [1.807, 2.05) is 0 Å². The molecular weight excluding hydrogens is 531 g/mol. The minimum absolute atomic E-state index is 0.799. The predicted octanol–water partition coefficient (Wildman–Crippen LogP) is 4.12. The van der Waals surface area contributed by atoms with Crippen molar-refractivity contribution in [3.8, 4) is 0 Å². The molecule has 0 aliphatic carbocycles. The van der Waals surface area contributed by atoms with Crippen molar-refractivity contribution < 1.29 is 24.7 Å². The van der Waals surface area contributed by atoms with Gasteiger partial charge in [-0.05, 0) is 50.3 Å². The van der Waals surface area contributed by atoms with Gasteiger partial charge in [0.25, 0.3) is 0 Å². The van der Waals surface area contributed by atoms with E-state index in [1.165, 1.54) is 33.9 Å². The van der Waals surface area contributed by atoms with Crippen LogP contribution in [0.2, 0.25) is 0 Å². The third-order valence-corrected chi connectivity index (χ3v) is 4.78. The summed E-state index contributed by atoms with van der Waals surface area (Å²) in [6.45, 7) is 12.2. The quantitative estimate of drug-likeness (QED) is 0.404. The molecule has 0 atom stereocenters. The average Bonchev–Trinajstić information content (AvgIpc) is 3.06. The summed E-state index contributed by atoms with van der Waals surface area (Å²) in [6.07, 6.45) is 8.71. The van der Waals surface area contributed by atoms with Crippen LogP contribution in [0.15, 0.2) is 48.1 Å². The molecule has 0 bridgehead atoms. The molecule has 0 aromatic heterocycles. The van der Waals surface area contributed by atoms with Gasteiger partial charge in [0.2, 0.25) is 0 Å². The van der Waals surface area contributed by atoms with E-state index in [1.54, 1.807) is 20.0 Å². The fourth-order valence-electron chi connectivity index (χ4n) is 3.81. The van der Waals surface area contributed by atoms with Crippen LogP contribution in [-0.2, 0) is 24.7 Å². The van der Waals surface area contributed by atoms with E-state index in [-0.39, 0.29) is 0 Å². The summed E-state index contributed by atoms with van der Waals surface area (Å²) in [5.41, 5.74) is 6.41. The molecule has 0 unspecified atom stereocenters. The Morgan fingerprint density at radius 2 is 1.73 bits per heavy atom. The van der Waals surface area contributed by atoms with Crippen molar-refractivity contribution in [2.24, 2.45) is 0 Å². The third kappa shape index (κ3) is 3.90. The summed E-state index contributed by atoms with van der Waals surface area (Å²) in [5.74, 6) is 1.23. The van der Waals surface area contributed by atoms with Gasteiger partial charge in [-0.25, -0.2) is 0 Å². The average molecular weight is 555 g/mol. The van der Waals surface area contributed by atoms with Gasteiger partial charge in [0, 0.05) is 24.5 Å². The fourth-order valence-corrected chi connectivity index (χ4v) is 3.81. The van der Waals surface area contributed by atoms with Crippen LogP contribution in [0.4, 0.5) is 5.69 Å². The van der Waals surface area contributed by atoms with Crippen LogP contribution in [-0.4, -0.2) is 36.1 Å². The van der Waals surface area contributed by atoms with Crippen LogP contribution in [0.1, 0.15) is 16.7 Å². The minimum atomic E-state index is 0.799. The van der Waals surface area contributed by atoms with E-state index in [9.17, 15) is 0 Å². The Balaban J connectivity index is 0.000000948. The fraction of sp³-hybridized carbons (Fsp3) is 0.350. The summed E-state index contributed by atoms with van der Waals surface area (Å²) < 4.78 is 5.49. The van der Waals surface area contributed by atoms with Gasteiger partial charge in [-0.2, -0.15) is 0 Å². The molecule has 3 aliphatic heterocycles. The number of hydrogen-bond acceptors (Lipinski definition) is 4. The molecule has 3 heterocycles. The van der Waals surface area contributed by atoms with Crippen LogP contribution in [0.5, 0.6) is 0 Å². The number of rotatable bonds is 2. The zero-order valence-electron chi connectivity index (χ0n) is 15.3. The number of nitrogens with zero attached hydrogens (tertiary/aromatic N) is 3. The molecule has 1 aromatic carbocycles. The number of allylic oxidation sites excluding steroid dienone is 3. The molecule has 0 saturated carbocycles. The Kier molecular flexibility index (Phi) is 6.54. The monoisotopic (exact) mass is 554 g/mol. The van der Waals surface area contributed by atoms with Crippen molar-refractivity contribution in [1.82, 2.24) is 9.80 Å². The predicted molar refractivity (Wildman–Crippen MR) is 103 cm³/mol. The summed E-state index contributed by atoms with van der Waals surface area (Å²) >= 11 is 1.75. The van der Waals surface area contributed by atoms with Crippen molar-refractivity contribution in [2.75, 3.05) is 31.2 Å². The van der Waals surface area contributed by atoms with Crippen molar-refractivity contribution in [3.63, 3.8) is 0 Å². The number of aryl methyl sites for hydroxylation is 3. The Morgan fingerprint density at radius 3 is 2.38 bits per heavy atom. The summed E-state index contributed by atoms with van der Waals surface area (Å²) in [5, 5.41) is 0. The van der Waals surface area contributed by atoms with Gasteiger partial charge in [0.1, 0.15) is 0 Å². The maximum atomic E-state index is 5.49. The maximum absolute atomic E-state index is 5.49. The van der Waals surface area contributed by atoms with Gasteiger partial charge >= 0.3 is 29.2 Å². The van der Waals surface area contributed by atoms with E-state index in [0.29, 0.717) is 0 Å². The standard InChI is InChI=1S/C20H24N3O.Au.ClH/c1-15-11-16(2)20(17(3)12-15)22-13-18-5-4-6-19(23(18)14-22)21-7-9-24-10-8-21;;/h4-6,11-14H,7-10H2,1-3H3;;1H/q-1;+1;/p-1. The molecule has 0 radical (unpaired) electrons. The molecule has 3 aliphatic rings. The van der Waals surface area contributed by atoms with Crippen molar-refractivity contribution in [2.45, 2.75) is 20.8 Å². The van der Waals surface area contributed by atoms with Crippen LogP contribution >= 0.6 is 9.19 Å². The first-order chi connectivity index (χ1) is 12.6. The van der Waals surface area contributed by atoms with Crippen molar-refractivity contribution in [1.29, 1.82) is 0 Å². The SMILES string of the molecule is Cc1cc(C)c(N2C=C3C=CC=C(N4CCOCC4)N3[CH-]2)c(C)c1.[Cl][Au]. The molecule has 0 spiro atoms. The number of ether oxygens (including phenoxy) is 1. The normalized spacial score (nSPS) is 18.9. The van der Waals surface area contributed by atoms with E-state index >= 15 is 0 Å². The molecule has 4 rings (SSSR count). The third-order valence-electron chi connectivity index (χ3n) is 4.78. The molecule has 1 saturated heterocycles. The molecule has 4 nitrogen and oxygen atoms in total. The van der Waals surface area contributed by atoms with Gasteiger partial charge in [-0.1, -0.05) is 23.8 Å². The summed E-state index contributed by atoms with van der Waals surface area (Å²) in [4.78, 5) is 6.93. The number of hydrogen-bond donors (Lipinski definition) is 0. The molecule has 144 valence electrons. The molecule has 26 heavy (non-hydrogen) atoms. The van der Waals surface area contributed by atoms with Crippen LogP contribution in [0.3, 0.4) is 0 Å². The molecule has 0 amide bonds. The zero-order valence-corrected chi connectivity index (χ0v) is 18.2. The first kappa shape index (κ1) is 19.6. The number of anilines is 1.